The van der Waals surface area contributed by atoms with Crippen LogP contribution in [0.5, 0.6) is 0 Å². The molecule has 2 amide bonds. The van der Waals surface area contributed by atoms with Gasteiger partial charge in [-0.25, -0.2) is 9.49 Å². The Labute approximate surface area is 220 Å². The fourth-order valence-corrected chi connectivity index (χ4v) is 5.27. The molecule has 0 saturated carbocycles. The van der Waals surface area contributed by atoms with E-state index in [2.05, 4.69) is 15.1 Å². The molecule has 1 aromatic heterocycles. The molecule has 3 aromatic rings. The van der Waals surface area contributed by atoms with Crippen LogP contribution in [-0.4, -0.2) is 95.7 Å². The number of hydrogen-bond donors (Lipinski definition) is 1. The van der Waals surface area contributed by atoms with E-state index in [1.54, 1.807) is 41.2 Å². The number of carbonyl (C=O) groups is 2. The molecule has 200 valence electrons. The number of carbonyl (C=O) groups excluding carboxylic acids is 2. The lowest BCUT2D eigenvalue weighted by atomic mass is 10.0. The predicted octanol–water partition coefficient (Wildman–Crippen LogP) is 2.05. The molecule has 0 bridgehead atoms. The van der Waals surface area contributed by atoms with E-state index in [1.165, 1.54) is 6.07 Å². The topological polar surface area (TPSA) is 98.8 Å². The highest BCUT2D eigenvalue weighted by atomic mass is 19.1. The number of aromatic nitrogens is 2. The average Bonchev–Trinajstić information content (AvgIpc) is 2.96. The van der Waals surface area contributed by atoms with E-state index in [-0.39, 0.29) is 23.1 Å². The number of piperidine rings is 1. The number of H-pyrrole nitrogens is 1. The molecule has 2 aliphatic heterocycles. The maximum absolute atomic E-state index is 14.7. The molecule has 2 aromatic carbocycles. The third kappa shape index (κ3) is 5.61. The minimum absolute atomic E-state index is 0.00276. The van der Waals surface area contributed by atoms with Crippen molar-refractivity contribution in [1.82, 2.24) is 24.9 Å². The highest BCUT2D eigenvalue weighted by Gasteiger charge is 2.28. The molecule has 0 aliphatic carbocycles. The van der Waals surface area contributed by atoms with Crippen molar-refractivity contribution in [3.63, 3.8) is 0 Å². The number of methoxy groups -OCH3 is 1. The summed E-state index contributed by atoms with van der Waals surface area (Å²) < 4.78 is 20.1. The van der Waals surface area contributed by atoms with E-state index < -0.39 is 11.7 Å². The predicted molar refractivity (Wildman–Crippen MR) is 141 cm³/mol. The Bertz CT molecular complexity index is 1380. The zero-order valence-corrected chi connectivity index (χ0v) is 21.5. The minimum Gasteiger partial charge on any atom is -0.381 e. The van der Waals surface area contributed by atoms with Gasteiger partial charge in [0.15, 0.2) is 0 Å². The summed E-state index contributed by atoms with van der Waals surface area (Å²) >= 11 is 0. The fraction of sp³-hybridized carbons (Fsp3) is 0.429. The number of halogens is 1. The number of fused-ring (bicyclic) bond motifs is 1. The zero-order valence-electron chi connectivity index (χ0n) is 21.5. The van der Waals surface area contributed by atoms with Gasteiger partial charge in [0, 0.05) is 58.2 Å². The molecule has 1 N–H and O–H groups in total. The number of nitrogens with zero attached hydrogens (tertiary/aromatic N) is 4. The van der Waals surface area contributed by atoms with Crippen molar-refractivity contribution in [3.05, 3.63) is 75.5 Å². The van der Waals surface area contributed by atoms with Gasteiger partial charge in [-0.15, -0.1) is 0 Å². The first kappa shape index (κ1) is 26.0. The van der Waals surface area contributed by atoms with Gasteiger partial charge in [-0.1, -0.05) is 24.3 Å². The van der Waals surface area contributed by atoms with E-state index in [0.29, 0.717) is 55.8 Å². The van der Waals surface area contributed by atoms with Gasteiger partial charge in [-0.3, -0.25) is 19.3 Å². The highest BCUT2D eigenvalue weighted by Crippen LogP contribution is 2.20. The van der Waals surface area contributed by atoms with Crippen LogP contribution in [0.1, 0.15) is 34.5 Å². The van der Waals surface area contributed by atoms with Crippen molar-refractivity contribution in [2.24, 2.45) is 0 Å². The van der Waals surface area contributed by atoms with Crippen molar-refractivity contribution in [1.29, 1.82) is 0 Å². The SMILES string of the molecule is COC1CCN(CC(=O)N2CCN(C(=O)c3cc(Cc4n[nH]c(=O)c5ccccc45)ccc3F)CC2)CC1. The molecular weight excluding hydrogens is 489 g/mol. The van der Waals surface area contributed by atoms with Crippen LogP contribution >= 0.6 is 0 Å². The van der Waals surface area contributed by atoms with Crippen LogP contribution in [0.2, 0.25) is 0 Å². The summed E-state index contributed by atoms with van der Waals surface area (Å²) in [4.78, 5) is 43.7. The second kappa shape index (κ2) is 11.4. The number of benzene rings is 2. The molecule has 0 atom stereocenters. The Balaban J connectivity index is 1.21. The van der Waals surface area contributed by atoms with Crippen LogP contribution in [0.3, 0.4) is 0 Å². The molecule has 10 heteroatoms. The van der Waals surface area contributed by atoms with Gasteiger partial charge in [0.05, 0.1) is 29.3 Å². The van der Waals surface area contributed by atoms with Crippen molar-refractivity contribution < 1.29 is 18.7 Å². The average molecular weight is 522 g/mol. The highest BCUT2D eigenvalue weighted by molar-refractivity contribution is 5.95. The number of nitrogens with one attached hydrogen (secondary N) is 1. The summed E-state index contributed by atoms with van der Waals surface area (Å²) in [5, 5.41) is 7.95. The number of aromatic amines is 1. The second-order valence-electron chi connectivity index (χ2n) is 9.92. The standard InChI is InChI=1S/C28H32FN5O4/c1-38-20-8-10-32(11-9-20)18-26(35)33-12-14-34(15-13-33)28(37)23-16-19(6-7-24(23)29)17-25-21-4-2-3-5-22(21)27(36)31-30-25/h2-7,16,20H,8-15,17-18H2,1H3,(H,31,36). The quantitative estimate of drug-likeness (QED) is 0.533. The minimum atomic E-state index is -0.587. The monoisotopic (exact) mass is 521 g/mol. The van der Waals surface area contributed by atoms with Gasteiger partial charge in [-0.2, -0.15) is 5.10 Å². The molecular formula is C28H32FN5O4. The first-order valence-corrected chi connectivity index (χ1v) is 13.0. The van der Waals surface area contributed by atoms with E-state index in [1.807, 2.05) is 12.1 Å². The molecule has 2 fully saturated rings. The fourth-order valence-electron chi connectivity index (χ4n) is 5.27. The third-order valence-corrected chi connectivity index (χ3v) is 7.55. The van der Waals surface area contributed by atoms with Crippen LogP contribution in [0, 0.1) is 5.82 Å². The summed E-state index contributed by atoms with van der Waals surface area (Å²) in [6.07, 6.45) is 2.44. The third-order valence-electron chi connectivity index (χ3n) is 7.55. The first-order chi connectivity index (χ1) is 18.4. The lowest BCUT2D eigenvalue weighted by Crippen LogP contribution is -2.53. The van der Waals surface area contributed by atoms with E-state index in [4.69, 9.17) is 4.74 Å². The van der Waals surface area contributed by atoms with Crippen LogP contribution in [0.25, 0.3) is 10.8 Å². The van der Waals surface area contributed by atoms with Crippen molar-refractivity contribution in [2.75, 3.05) is 52.9 Å². The first-order valence-electron chi connectivity index (χ1n) is 13.0. The summed E-state index contributed by atoms with van der Waals surface area (Å²) in [6, 6.07) is 11.6. The second-order valence-corrected chi connectivity index (χ2v) is 9.92. The molecule has 38 heavy (non-hydrogen) atoms. The van der Waals surface area contributed by atoms with E-state index in [0.717, 1.165) is 31.3 Å². The van der Waals surface area contributed by atoms with E-state index in [9.17, 15) is 18.8 Å². The van der Waals surface area contributed by atoms with Crippen molar-refractivity contribution >= 4 is 22.6 Å². The molecule has 0 unspecified atom stereocenters. The lowest BCUT2D eigenvalue weighted by molar-refractivity contribution is -0.134. The van der Waals surface area contributed by atoms with Gasteiger partial charge in [0.25, 0.3) is 11.5 Å². The van der Waals surface area contributed by atoms with Gasteiger partial charge >= 0.3 is 0 Å². The van der Waals surface area contributed by atoms with Crippen molar-refractivity contribution in [3.8, 4) is 0 Å². The van der Waals surface area contributed by atoms with Crippen LogP contribution < -0.4 is 5.56 Å². The van der Waals surface area contributed by atoms with Gasteiger partial charge < -0.3 is 14.5 Å². The number of amides is 2. The summed E-state index contributed by atoms with van der Waals surface area (Å²) in [5.41, 5.74) is 1.08. The Hall–Kier alpha value is -3.63. The van der Waals surface area contributed by atoms with Gasteiger partial charge in [-0.05, 0) is 36.6 Å². The molecule has 0 spiro atoms. The lowest BCUT2D eigenvalue weighted by Gasteiger charge is -2.37. The van der Waals surface area contributed by atoms with Crippen molar-refractivity contribution in [2.45, 2.75) is 25.4 Å². The summed E-state index contributed by atoms with van der Waals surface area (Å²) in [5.74, 6) is -0.921. The van der Waals surface area contributed by atoms with E-state index >= 15 is 0 Å². The largest absolute Gasteiger partial charge is 0.381 e. The number of rotatable bonds is 6. The number of piperazine rings is 1. The molecule has 2 saturated heterocycles. The molecule has 5 rings (SSSR count). The maximum Gasteiger partial charge on any atom is 0.272 e. The molecule has 9 nitrogen and oxygen atoms in total. The van der Waals surface area contributed by atoms with Gasteiger partial charge in [0.1, 0.15) is 5.82 Å². The normalized spacial score (nSPS) is 17.2. The maximum atomic E-state index is 14.7. The Morgan fingerprint density at radius 2 is 1.68 bits per heavy atom. The molecule has 2 aliphatic rings. The number of likely N-dealkylation sites (tertiary alicyclic amines) is 1. The van der Waals surface area contributed by atoms with Crippen LogP contribution in [0.4, 0.5) is 4.39 Å². The molecule has 3 heterocycles. The number of ether oxygens (including phenoxy) is 1. The van der Waals surface area contributed by atoms with Crippen LogP contribution in [0.15, 0.2) is 47.3 Å². The Morgan fingerprint density at radius 3 is 2.39 bits per heavy atom. The zero-order chi connectivity index (χ0) is 26.6. The van der Waals surface area contributed by atoms with Gasteiger partial charge in [0.2, 0.25) is 5.91 Å². The number of hydrogen-bond acceptors (Lipinski definition) is 6. The Kier molecular flexibility index (Phi) is 7.80. The molecule has 0 radical (unpaired) electrons. The smallest absolute Gasteiger partial charge is 0.272 e. The summed E-state index contributed by atoms with van der Waals surface area (Å²) in [7, 11) is 1.72. The Morgan fingerprint density at radius 1 is 1.00 bits per heavy atom. The summed E-state index contributed by atoms with van der Waals surface area (Å²) in [6.45, 7) is 3.60. The van der Waals surface area contributed by atoms with Crippen LogP contribution in [-0.2, 0) is 16.0 Å².